The molecule has 1 saturated heterocycles. The zero-order valence-corrected chi connectivity index (χ0v) is 11.7. The molecule has 1 unspecified atom stereocenters. The smallest absolute Gasteiger partial charge is 0.270 e. The van der Waals surface area contributed by atoms with Crippen LogP contribution in [0.25, 0.3) is 0 Å². The van der Waals surface area contributed by atoms with Crippen molar-refractivity contribution in [3.8, 4) is 0 Å². The summed E-state index contributed by atoms with van der Waals surface area (Å²) in [7, 11) is 1.86. The summed E-state index contributed by atoms with van der Waals surface area (Å²) >= 11 is 0. The fourth-order valence-electron chi connectivity index (χ4n) is 2.62. The number of rotatable bonds is 1. The Bertz CT molecular complexity index is 456. The lowest BCUT2D eigenvalue weighted by Crippen LogP contribution is -2.32. The molecule has 2 rings (SSSR count). The highest BCUT2D eigenvalue weighted by atomic mass is 16.2. The molecule has 1 aromatic rings. The average molecular weight is 249 g/mol. The van der Waals surface area contributed by atoms with Crippen LogP contribution in [0.2, 0.25) is 0 Å². The molecule has 1 aromatic heterocycles. The lowest BCUT2D eigenvalue weighted by Gasteiger charge is -2.27. The van der Waals surface area contributed by atoms with Crippen LogP contribution in [-0.2, 0) is 7.05 Å². The summed E-state index contributed by atoms with van der Waals surface area (Å²) in [6, 6.07) is 1.76. The quantitative estimate of drug-likeness (QED) is 0.828. The first kappa shape index (κ1) is 13.0. The van der Waals surface area contributed by atoms with Gasteiger partial charge in [0.2, 0.25) is 0 Å². The highest BCUT2D eigenvalue weighted by Gasteiger charge is 2.34. The van der Waals surface area contributed by atoms with E-state index in [1.807, 2.05) is 16.5 Å². The third-order valence-corrected chi connectivity index (χ3v) is 3.95. The summed E-state index contributed by atoms with van der Waals surface area (Å²) in [5, 5.41) is 0. The number of nitrogens with two attached hydrogens (primary N) is 1. The molecule has 18 heavy (non-hydrogen) atoms. The molecule has 1 fully saturated rings. The van der Waals surface area contributed by atoms with Gasteiger partial charge in [0.1, 0.15) is 5.69 Å². The second kappa shape index (κ2) is 4.34. The van der Waals surface area contributed by atoms with Gasteiger partial charge in [0, 0.05) is 26.3 Å². The molecule has 1 aliphatic heterocycles. The number of anilines is 1. The third-order valence-electron chi connectivity index (χ3n) is 3.95. The Labute approximate surface area is 109 Å². The molecule has 2 N–H and O–H groups in total. The van der Waals surface area contributed by atoms with E-state index in [-0.39, 0.29) is 11.3 Å². The molecule has 0 aromatic carbocycles. The maximum Gasteiger partial charge on any atom is 0.270 e. The number of aromatic nitrogens is 1. The van der Waals surface area contributed by atoms with Gasteiger partial charge in [0.05, 0.1) is 5.69 Å². The Kier molecular flexibility index (Phi) is 3.13. The van der Waals surface area contributed by atoms with Crippen molar-refractivity contribution in [2.75, 3.05) is 18.8 Å². The molecular weight excluding hydrogens is 226 g/mol. The van der Waals surface area contributed by atoms with Crippen LogP contribution in [0.4, 0.5) is 5.69 Å². The van der Waals surface area contributed by atoms with Gasteiger partial charge in [-0.2, -0.15) is 0 Å². The third kappa shape index (κ3) is 2.37. The van der Waals surface area contributed by atoms with Crippen LogP contribution in [0, 0.1) is 11.3 Å². The van der Waals surface area contributed by atoms with Gasteiger partial charge in [-0.1, -0.05) is 20.8 Å². The van der Waals surface area contributed by atoms with Crippen molar-refractivity contribution in [1.29, 1.82) is 0 Å². The van der Waals surface area contributed by atoms with E-state index in [4.69, 9.17) is 5.73 Å². The number of aryl methyl sites for hydroxylation is 1. The van der Waals surface area contributed by atoms with E-state index in [0.29, 0.717) is 17.3 Å². The van der Waals surface area contributed by atoms with Crippen LogP contribution in [0.1, 0.15) is 37.7 Å². The number of carbonyl (C=O) groups is 1. The standard InChI is InChI=1S/C14H23N3O/c1-14(2,3)10-5-6-17(8-10)13(18)12-7-11(15)9-16(12)4/h7,9-10H,5-6,8,15H2,1-4H3. The molecule has 0 spiro atoms. The molecule has 1 atom stereocenters. The monoisotopic (exact) mass is 249 g/mol. The zero-order chi connectivity index (χ0) is 13.5. The normalized spacial score (nSPS) is 20.4. The SMILES string of the molecule is Cn1cc(N)cc1C(=O)N1CCC(C(C)(C)C)C1. The Hall–Kier alpha value is -1.45. The maximum absolute atomic E-state index is 12.4. The number of likely N-dealkylation sites (tertiary alicyclic amines) is 1. The van der Waals surface area contributed by atoms with Crippen molar-refractivity contribution in [2.45, 2.75) is 27.2 Å². The fourth-order valence-corrected chi connectivity index (χ4v) is 2.62. The van der Waals surface area contributed by atoms with E-state index in [1.165, 1.54) is 0 Å². The van der Waals surface area contributed by atoms with Crippen molar-refractivity contribution in [1.82, 2.24) is 9.47 Å². The van der Waals surface area contributed by atoms with Crippen LogP contribution >= 0.6 is 0 Å². The van der Waals surface area contributed by atoms with Gasteiger partial charge in [-0.3, -0.25) is 4.79 Å². The van der Waals surface area contributed by atoms with E-state index < -0.39 is 0 Å². The van der Waals surface area contributed by atoms with E-state index in [0.717, 1.165) is 19.5 Å². The topological polar surface area (TPSA) is 51.3 Å². The fraction of sp³-hybridized carbons (Fsp3) is 0.643. The minimum Gasteiger partial charge on any atom is -0.397 e. The number of hydrogen-bond acceptors (Lipinski definition) is 2. The van der Waals surface area contributed by atoms with Crippen LogP contribution in [0.15, 0.2) is 12.3 Å². The molecule has 0 radical (unpaired) electrons. The molecule has 100 valence electrons. The minimum atomic E-state index is 0.0981. The maximum atomic E-state index is 12.4. The highest BCUT2D eigenvalue weighted by molar-refractivity contribution is 5.94. The first-order chi connectivity index (χ1) is 8.29. The predicted molar refractivity (Wildman–Crippen MR) is 73.3 cm³/mol. The van der Waals surface area contributed by atoms with Crippen LogP contribution < -0.4 is 5.73 Å². The summed E-state index contributed by atoms with van der Waals surface area (Å²) in [6.45, 7) is 8.43. The molecule has 0 aliphatic carbocycles. The van der Waals surface area contributed by atoms with Gasteiger partial charge in [-0.25, -0.2) is 0 Å². The van der Waals surface area contributed by atoms with Crippen LogP contribution in [0.3, 0.4) is 0 Å². The summed E-state index contributed by atoms with van der Waals surface area (Å²) in [4.78, 5) is 14.4. The molecule has 1 aliphatic rings. The Morgan fingerprint density at radius 2 is 2.11 bits per heavy atom. The Balaban J connectivity index is 2.11. The van der Waals surface area contributed by atoms with Crippen LogP contribution in [0.5, 0.6) is 0 Å². The molecule has 4 nitrogen and oxygen atoms in total. The number of amides is 1. The number of nitrogen functional groups attached to an aromatic ring is 1. The van der Waals surface area contributed by atoms with Crippen molar-refractivity contribution in [2.24, 2.45) is 18.4 Å². The van der Waals surface area contributed by atoms with Gasteiger partial charge in [0.15, 0.2) is 0 Å². The largest absolute Gasteiger partial charge is 0.397 e. The minimum absolute atomic E-state index is 0.0981. The summed E-state index contributed by atoms with van der Waals surface area (Å²) < 4.78 is 1.81. The van der Waals surface area contributed by atoms with Gasteiger partial charge >= 0.3 is 0 Å². The predicted octanol–water partition coefficient (Wildman–Crippen LogP) is 2.12. The molecule has 4 heteroatoms. The second-order valence-corrected chi connectivity index (χ2v) is 6.37. The zero-order valence-electron chi connectivity index (χ0n) is 11.7. The van der Waals surface area contributed by atoms with Crippen molar-refractivity contribution in [3.05, 3.63) is 18.0 Å². The Morgan fingerprint density at radius 1 is 1.44 bits per heavy atom. The van der Waals surface area contributed by atoms with Gasteiger partial charge in [-0.05, 0) is 23.8 Å². The molecular formula is C14H23N3O. The van der Waals surface area contributed by atoms with Crippen molar-refractivity contribution < 1.29 is 4.79 Å². The first-order valence-corrected chi connectivity index (χ1v) is 6.50. The van der Waals surface area contributed by atoms with Gasteiger partial charge in [-0.15, -0.1) is 0 Å². The lowest BCUT2D eigenvalue weighted by molar-refractivity contribution is 0.0767. The number of hydrogen-bond donors (Lipinski definition) is 1. The van der Waals surface area contributed by atoms with Crippen molar-refractivity contribution in [3.63, 3.8) is 0 Å². The van der Waals surface area contributed by atoms with E-state index in [1.54, 1.807) is 12.3 Å². The number of nitrogens with zero attached hydrogens (tertiary/aromatic N) is 2. The Morgan fingerprint density at radius 3 is 2.56 bits per heavy atom. The molecule has 1 amide bonds. The van der Waals surface area contributed by atoms with E-state index >= 15 is 0 Å². The average Bonchev–Trinajstić information content (AvgIpc) is 2.83. The summed E-state index contributed by atoms with van der Waals surface area (Å²) in [5.74, 6) is 0.681. The lowest BCUT2D eigenvalue weighted by atomic mass is 9.80. The molecule has 0 saturated carbocycles. The second-order valence-electron chi connectivity index (χ2n) is 6.37. The van der Waals surface area contributed by atoms with E-state index in [2.05, 4.69) is 20.8 Å². The molecule has 0 bridgehead atoms. The van der Waals surface area contributed by atoms with Gasteiger partial charge in [0.25, 0.3) is 5.91 Å². The highest BCUT2D eigenvalue weighted by Crippen LogP contribution is 2.34. The molecule has 2 heterocycles. The van der Waals surface area contributed by atoms with E-state index in [9.17, 15) is 4.79 Å². The van der Waals surface area contributed by atoms with Gasteiger partial charge < -0.3 is 15.2 Å². The van der Waals surface area contributed by atoms with Crippen LogP contribution in [-0.4, -0.2) is 28.5 Å². The number of carbonyl (C=O) groups excluding carboxylic acids is 1. The first-order valence-electron chi connectivity index (χ1n) is 6.50. The summed E-state index contributed by atoms with van der Waals surface area (Å²) in [6.07, 6.45) is 2.87. The summed E-state index contributed by atoms with van der Waals surface area (Å²) in [5.41, 5.74) is 7.32. The van der Waals surface area contributed by atoms with Crippen molar-refractivity contribution >= 4 is 11.6 Å².